The topological polar surface area (TPSA) is 57.0 Å². The molecule has 0 atom stereocenters. The Morgan fingerprint density at radius 3 is 3.00 bits per heavy atom. The highest BCUT2D eigenvalue weighted by Crippen LogP contribution is 2.14. The second-order valence-corrected chi connectivity index (χ2v) is 3.20. The van der Waals surface area contributed by atoms with Crippen molar-refractivity contribution >= 4 is 0 Å². The Balaban J connectivity index is 2.17. The van der Waals surface area contributed by atoms with E-state index in [-0.39, 0.29) is 0 Å². The zero-order chi connectivity index (χ0) is 9.97. The predicted octanol–water partition coefficient (Wildman–Crippen LogP) is 1.29. The SMILES string of the molecule is Cc1oc(Cn2cccn2)cc1CN. The lowest BCUT2D eigenvalue weighted by Gasteiger charge is -1.95. The first-order chi connectivity index (χ1) is 6.79. The van der Waals surface area contributed by atoms with Gasteiger partial charge in [-0.2, -0.15) is 5.10 Å². The molecule has 14 heavy (non-hydrogen) atoms. The molecule has 0 amide bonds. The molecule has 2 heterocycles. The molecule has 0 saturated heterocycles. The van der Waals surface area contributed by atoms with Crippen LogP contribution < -0.4 is 5.73 Å². The van der Waals surface area contributed by atoms with E-state index in [9.17, 15) is 0 Å². The summed E-state index contributed by atoms with van der Waals surface area (Å²) in [6.45, 7) is 3.11. The summed E-state index contributed by atoms with van der Waals surface area (Å²) in [5.41, 5.74) is 6.62. The van der Waals surface area contributed by atoms with Crippen LogP contribution in [0.3, 0.4) is 0 Å². The summed E-state index contributed by atoms with van der Waals surface area (Å²) in [4.78, 5) is 0. The van der Waals surface area contributed by atoms with Crippen LogP contribution in [-0.2, 0) is 13.1 Å². The fraction of sp³-hybridized carbons (Fsp3) is 0.300. The molecule has 4 nitrogen and oxygen atoms in total. The monoisotopic (exact) mass is 191 g/mol. The molecule has 0 aliphatic rings. The van der Waals surface area contributed by atoms with E-state index >= 15 is 0 Å². The highest BCUT2D eigenvalue weighted by Gasteiger charge is 2.05. The summed E-state index contributed by atoms with van der Waals surface area (Å²) in [6.07, 6.45) is 3.65. The fourth-order valence-corrected chi connectivity index (χ4v) is 1.42. The molecule has 0 radical (unpaired) electrons. The number of furan rings is 1. The summed E-state index contributed by atoms with van der Waals surface area (Å²) >= 11 is 0. The molecule has 2 rings (SSSR count). The van der Waals surface area contributed by atoms with Crippen molar-refractivity contribution in [3.63, 3.8) is 0 Å². The molecule has 2 aromatic heterocycles. The van der Waals surface area contributed by atoms with E-state index in [1.807, 2.05) is 29.9 Å². The molecular formula is C10H13N3O. The van der Waals surface area contributed by atoms with Crippen molar-refractivity contribution in [2.75, 3.05) is 0 Å². The van der Waals surface area contributed by atoms with E-state index in [4.69, 9.17) is 10.2 Å². The smallest absolute Gasteiger partial charge is 0.125 e. The molecule has 0 spiro atoms. The number of rotatable bonds is 3. The highest BCUT2D eigenvalue weighted by molar-refractivity contribution is 5.20. The zero-order valence-electron chi connectivity index (χ0n) is 8.10. The maximum absolute atomic E-state index is 5.55. The Morgan fingerprint density at radius 1 is 1.57 bits per heavy atom. The molecular weight excluding hydrogens is 178 g/mol. The Hall–Kier alpha value is -1.55. The lowest BCUT2D eigenvalue weighted by molar-refractivity contribution is 0.457. The third kappa shape index (κ3) is 1.70. The number of nitrogens with two attached hydrogens (primary N) is 1. The summed E-state index contributed by atoms with van der Waals surface area (Å²) in [7, 11) is 0. The molecule has 0 bridgehead atoms. The maximum atomic E-state index is 5.55. The summed E-state index contributed by atoms with van der Waals surface area (Å²) in [5.74, 6) is 1.79. The Morgan fingerprint density at radius 2 is 2.43 bits per heavy atom. The van der Waals surface area contributed by atoms with Gasteiger partial charge in [-0.15, -0.1) is 0 Å². The van der Waals surface area contributed by atoms with Gasteiger partial charge in [-0.1, -0.05) is 0 Å². The quantitative estimate of drug-likeness (QED) is 0.795. The van der Waals surface area contributed by atoms with E-state index in [2.05, 4.69) is 5.10 Å². The van der Waals surface area contributed by atoms with Crippen LogP contribution in [0.1, 0.15) is 17.1 Å². The average molecular weight is 191 g/mol. The van der Waals surface area contributed by atoms with E-state index in [0.29, 0.717) is 13.1 Å². The first-order valence-corrected chi connectivity index (χ1v) is 4.55. The van der Waals surface area contributed by atoms with Gasteiger partial charge in [-0.25, -0.2) is 0 Å². The van der Waals surface area contributed by atoms with E-state index in [1.54, 1.807) is 6.20 Å². The predicted molar refractivity (Wildman–Crippen MR) is 52.7 cm³/mol. The number of hydrogen-bond donors (Lipinski definition) is 1. The molecule has 2 N–H and O–H groups in total. The van der Waals surface area contributed by atoms with Crippen LogP contribution in [0, 0.1) is 6.92 Å². The van der Waals surface area contributed by atoms with Gasteiger partial charge < -0.3 is 10.2 Å². The minimum Gasteiger partial charge on any atom is -0.464 e. The standard InChI is InChI=1S/C10H13N3O/c1-8-9(6-11)5-10(14-8)7-13-4-2-3-12-13/h2-5H,6-7,11H2,1H3. The van der Waals surface area contributed by atoms with E-state index < -0.39 is 0 Å². The first-order valence-electron chi connectivity index (χ1n) is 4.55. The maximum Gasteiger partial charge on any atom is 0.125 e. The molecule has 0 saturated carbocycles. The number of aromatic nitrogens is 2. The van der Waals surface area contributed by atoms with E-state index in [0.717, 1.165) is 17.1 Å². The minimum absolute atomic E-state index is 0.522. The van der Waals surface area contributed by atoms with Crippen molar-refractivity contribution in [1.82, 2.24) is 9.78 Å². The molecule has 0 aliphatic carbocycles. The van der Waals surface area contributed by atoms with E-state index in [1.165, 1.54) is 0 Å². The van der Waals surface area contributed by atoms with Crippen molar-refractivity contribution in [2.45, 2.75) is 20.0 Å². The second-order valence-electron chi connectivity index (χ2n) is 3.20. The fourth-order valence-electron chi connectivity index (χ4n) is 1.42. The van der Waals surface area contributed by atoms with Gasteiger partial charge in [0.1, 0.15) is 11.5 Å². The van der Waals surface area contributed by atoms with Gasteiger partial charge in [0.2, 0.25) is 0 Å². The first kappa shape index (κ1) is 9.02. The van der Waals surface area contributed by atoms with Gasteiger partial charge in [-0.05, 0) is 19.1 Å². The molecule has 0 aliphatic heterocycles. The van der Waals surface area contributed by atoms with Gasteiger partial charge in [-0.3, -0.25) is 4.68 Å². The Labute approximate surface area is 82.3 Å². The number of aryl methyl sites for hydroxylation is 1. The van der Waals surface area contributed by atoms with Crippen molar-refractivity contribution in [3.8, 4) is 0 Å². The van der Waals surface area contributed by atoms with Gasteiger partial charge in [0, 0.05) is 24.5 Å². The van der Waals surface area contributed by atoms with Crippen molar-refractivity contribution in [2.24, 2.45) is 5.73 Å². The third-order valence-electron chi connectivity index (χ3n) is 2.17. The summed E-state index contributed by atoms with van der Waals surface area (Å²) in [6, 6.07) is 3.87. The molecule has 0 fully saturated rings. The zero-order valence-corrected chi connectivity index (χ0v) is 8.10. The van der Waals surface area contributed by atoms with Gasteiger partial charge in [0.15, 0.2) is 0 Å². The summed E-state index contributed by atoms with van der Waals surface area (Å²) in [5, 5.41) is 4.10. The van der Waals surface area contributed by atoms with Crippen LogP contribution in [0.25, 0.3) is 0 Å². The normalized spacial score (nSPS) is 10.7. The van der Waals surface area contributed by atoms with Crippen LogP contribution >= 0.6 is 0 Å². The number of nitrogens with zero attached hydrogens (tertiary/aromatic N) is 2. The van der Waals surface area contributed by atoms with Crippen LogP contribution in [0.4, 0.5) is 0 Å². The van der Waals surface area contributed by atoms with Crippen LogP contribution in [-0.4, -0.2) is 9.78 Å². The summed E-state index contributed by atoms with van der Waals surface area (Å²) < 4.78 is 7.36. The average Bonchev–Trinajstić information content (AvgIpc) is 2.76. The van der Waals surface area contributed by atoms with Crippen LogP contribution in [0.5, 0.6) is 0 Å². The molecule has 2 aromatic rings. The van der Waals surface area contributed by atoms with Crippen molar-refractivity contribution in [1.29, 1.82) is 0 Å². The largest absolute Gasteiger partial charge is 0.464 e. The molecule has 0 aromatic carbocycles. The second kappa shape index (κ2) is 3.67. The highest BCUT2D eigenvalue weighted by atomic mass is 16.3. The lowest BCUT2D eigenvalue weighted by Crippen LogP contribution is -1.98. The molecule has 0 unspecified atom stereocenters. The lowest BCUT2D eigenvalue weighted by atomic mass is 10.2. The number of hydrogen-bond acceptors (Lipinski definition) is 3. The van der Waals surface area contributed by atoms with Gasteiger partial charge in [0.05, 0.1) is 6.54 Å². The molecule has 74 valence electrons. The van der Waals surface area contributed by atoms with Crippen molar-refractivity contribution < 1.29 is 4.42 Å². The molecule has 4 heteroatoms. The van der Waals surface area contributed by atoms with Crippen LogP contribution in [0.2, 0.25) is 0 Å². The third-order valence-corrected chi connectivity index (χ3v) is 2.17. The van der Waals surface area contributed by atoms with Crippen LogP contribution in [0.15, 0.2) is 28.9 Å². The van der Waals surface area contributed by atoms with Gasteiger partial charge >= 0.3 is 0 Å². The van der Waals surface area contributed by atoms with Gasteiger partial charge in [0.25, 0.3) is 0 Å². The Bertz CT molecular complexity index is 403. The Kier molecular flexibility index (Phi) is 2.37. The van der Waals surface area contributed by atoms with Crippen molar-refractivity contribution in [3.05, 3.63) is 41.6 Å². The minimum atomic E-state index is 0.522.